The maximum absolute atomic E-state index is 12.5. The molecule has 1 saturated heterocycles. The van der Waals surface area contributed by atoms with Crippen LogP contribution < -0.4 is 19.7 Å². The van der Waals surface area contributed by atoms with E-state index >= 15 is 0 Å². The number of hydrogen-bond donors (Lipinski definition) is 1. The van der Waals surface area contributed by atoms with Gasteiger partial charge in [0.05, 0.1) is 6.54 Å². The second-order valence-corrected chi connectivity index (χ2v) is 9.13. The van der Waals surface area contributed by atoms with Crippen LogP contribution in [0.5, 0.6) is 11.5 Å². The van der Waals surface area contributed by atoms with Crippen LogP contribution in [0.3, 0.4) is 0 Å². The van der Waals surface area contributed by atoms with Crippen molar-refractivity contribution >= 4 is 29.1 Å². The summed E-state index contributed by atoms with van der Waals surface area (Å²) in [5.41, 5.74) is 1.88. The number of ether oxygens (including phenoxy) is 2. The first kappa shape index (κ1) is 22.3. The molecular weight excluding hydrogens is 430 g/mol. The summed E-state index contributed by atoms with van der Waals surface area (Å²) in [6.45, 7) is 6.51. The summed E-state index contributed by atoms with van der Waals surface area (Å²) in [7, 11) is 0. The SMILES string of the molecule is CC1(C)Cc2cccc(OCC(=O)NCC(=O)N3CCN(c4ccc(Cl)cc4)CC3)c2O1. The Morgan fingerprint density at radius 2 is 1.81 bits per heavy atom. The average Bonchev–Trinajstić information content (AvgIpc) is 3.11. The van der Waals surface area contributed by atoms with Gasteiger partial charge in [-0.15, -0.1) is 0 Å². The molecule has 1 N–H and O–H groups in total. The van der Waals surface area contributed by atoms with Gasteiger partial charge in [-0.05, 0) is 44.2 Å². The topological polar surface area (TPSA) is 71.1 Å². The Morgan fingerprint density at radius 3 is 2.53 bits per heavy atom. The number of carbonyl (C=O) groups excluding carboxylic acids is 2. The molecule has 0 radical (unpaired) electrons. The number of carbonyl (C=O) groups is 2. The minimum Gasteiger partial charge on any atom is -0.483 e. The van der Waals surface area contributed by atoms with Crippen LogP contribution in [0.25, 0.3) is 0 Å². The first-order valence-corrected chi connectivity index (χ1v) is 11.2. The second kappa shape index (κ2) is 9.28. The van der Waals surface area contributed by atoms with Gasteiger partial charge < -0.3 is 24.6 Å². The highest BCUT2D eigenvalue weighted by atomic mass is 35.5. The zero-order valence-electron chi connectivity index (χ0n) is 18.4. The van der Waals surface area contributed by atoms with Crippen molar-refractivity contribution in [2.75, 3.05) is 44.2 Å². The monoisotopic (exact) mass is 457 g/mol. The summed E-state index contributed by atoms with van der Waals surface area (Å²) >= 11 is 5.95. The maximum atomic E-state index is 12.5. The number of rotatable bonds is 6. The number of benzene rings is 2. The maximum Gasteiger partial charge on any atom is 0.258 e. The Balaban J connectivity index is 1.20. The van der Waals surface area contributed by atoms with Crippen LogP contribution in [0.15, 0.2) is 42.5 Å². The molecule has 7 nitrogen and oxygen atoms in total. The van der Waals surface area contributed by atoms with Crippen LogP contribution in [0.2, 0.25) is 5.02 Å². The van der Waals surface area contributed by atoms with Gasteiger partial charge in [-0.2, -0.15) is 0 Å². The number of nitrogens with one attached hydrogen (secondary N) is 1. The molecule has 8 heteroatoms. The first-order chi connectivity index (χ1) is 15.3. The summed E-state index contributed by atoms with van der Waals surface area (Å²) in [6, 6.07) is 13.4. The van der Waals surface area contributed by atoms with Crippen LogP contribution >= 0.6 is 11.6 Å². The lowest BCUT2D eigenvalue weighted by Crippen LogP contribution is -2.51. The number of fused-ring (bicyclic) bond motifs is 1. The van der Waals surface area contributed by atoms with E-state index in [1.807, 2.05) is 50.2 Å². The minimum atomic E-state index is -0.340. The molecule has 2 aliphatic heterocycles. The van der Waals surface area contributed by atoms with E-state index in [0.29, 0.717) is 29.6 Å². The zero-order valence-corrected chi connectivity index (χ0v) is 19.2. The second-order valence-electron chi connectivity index (χ2n) is 8.69. The highest BCUT2D eigenvalue weighted by molar-refractivity contribution is 6.30. The highest BCUT2D eigenvalue weighted by Gasteiger charge is 2.32. The number of halogens is 1. The quantitative estimate of drug-likeness (QED) is 0.722. The molecule has 1 fully saturated rings. The van der Waals surface area contributed by atoms with E-state index in [9.17, 15) is 9.59 Å². The Labute approximate surface area is 193 Å². The van der Waals surface area contributed by atoms with Crippen LogP contribution in [0.1, 0.15) is 19.4 Å². The minimum absolute atomic E-state index is 0.0421. The van der Waals surface area contributed by atoms with Crippen molar-refractivity contribution in [3.8, 4) is 11.5 Å². The Morgan fingerprint density at radius 1 is 1.09 bits per heavy atom. The van der Waals surface area contributed by atoms with Crippen molar-refractivity contribution in [1.82, 2.24) is 10.2 Å². The summed E-state index contributed by atoms with van der Waals surface area (Å²) in [6.07, 6.45) is 0.797. The van der Waals surface area contributed by atoms with Gasteiger partial charge in [0.1, 0.15) is 5.60 Å². The summed E-state index contributed by atoms with van der Waals surface area (Å²) < 4.78 is 11.6. The van der Waals surface area contributed by atoms with Gasteiger partial charge in [0, 0.05) is 48.9 Å². The van der Waals surface area contributed by atoms with E-state index in [4.69, 9.17) is 21.1 Å². The van der Waals surface area contributed by atoms with Crippen molar-refractivity contribution < 1.29 is 19.1 Å². The summed E-state index contributed by atoms with van der Waals surface area (Å²) in [4.78, 5) is 28.7. The van der Waals surface area contributed by atoms with E-state index in [1.165, 1.54) is 0 Å². The largest absolute Gasteiger partial charge is 0.483 e. The van der Waals surface area contributed by atoms with Crippen molar-refractivity contribution in [3.05, 3.63) is 53.1 Å². The van der Waals surface area contributed by atoms with Crippen molar-refractivity contribution in [2.45, 2.75) is 25.9 Å². The van der Waals surface area contributed by atoms with Crippen LogP contribution in [-0.2, 0) is 16.0 Å². The van der Waals surface area contributed by atoms with Gasteiger partial charge in [-0.3, -0.25) is 9.59 Å². The fraction of sp³-hybridized carbons (Fsp3) is 0.417. The molecule has 2 heterocycles. The molecule has 2 aromatic carbocycles. The summed E-state index contributed by atoms with van der Waals surface area (Å²) in [5, 5.41) is 3.36. The normalized spacial score (nSPS) is 16.8. The number of anilines is 1. The van der Waals surface area contributed by atoms with Gasteiger partial charge in [0.2, 0.25) is 5.91 Å². The predicted octanol–water partition coefficient (Wildman–Crippen LogP) is 2.90. The van der Waals surface area contributed by atoms with Crippen molar-refractivity contribution in [1.29, 1.82) is 0 Å². The number of amides is 2. The fourth-order valence-electron chi connectivity index (χ4n) is 4.05. The van der Waals surface area contributed by atoms with Gasteiger partial charge in [-0.25, -0.2) is 0 Å². The third kappa shape index (κ3) is 5.27. The molecule has 0 unspecified atom stereocenters. The van der Waals surface area contributed by atoms with Gasteiger partial charge in [0.15, 0.2) is 18.1 Å². The molecule has 4 rings (SSSR count). The van der Waals surface area contributed by atoms with E-state index < -0.39 is 0 Å². The molecule has 2 amide bonds. The van der Waals surface area contributed by atoms with Crippen LogP contribution in [0, 0.1) is 0 Å². The van der Waals surface area contributed by atoms with Crippen LogP contribution in [0.4, 0.5) is 5.69 Å². The van der Waals surface area contributed by atoms with Crippen molar-refractivity contribution in [2.24, 2.45) is 0 Å². The van der Waals surface area contributed by atoms with E-state index in [1.54, 1.807) is 11.0 Å². The van der Waals surface area contributed by atoms with E-state index in [0.717, 1.165) is 30.8 Å². The fourth-order valence-corrected chi connectivity index (χ4v) is 4.17. The molecule has 2 aliphatic rings. The molecule has 170 valence electrons. The molecule has 0 bridgehead atoms. The Bertz CT molecular complexity index is 985. The van der Waals surface area contributed by atoms with E-state index in [-0.39, 0.29) is 30.6 Å². The number of para-hydroxylation sites is 1. The van der Waals surface area contributed by atoms with Gasteiger partial charge in [0.25, 0.3) is 5.91 Å². The molecule has 0 aromatic heterocycles. The molecule has 32 heavy (non-hydrogen) atoms. The molecule has 0 atom stereocenters. The van der Waals surface area contributed by atoms with Crippen LogP contribution in [-0.4, -0.2) is 61.6 Å². The number of piperazine rings is 1. The predicted molar refractivity (Wildman–Crippen MR) is 124 cm³/mol. The molecule has 0 spiro atoms. The average molecular weight is 458 g/mol. The highest BCUT2D eigenvalue weighted by Crippen LogP contribution is 2.41. The first-order valence-electron chi connectivity index (χ1n) is 10.8. The molecule has 0 saturated carbocycles. The molecular formula is C24H28ClN3O4. The number of hydrogen-bond acceptors (Lipinski definition) is 5. The molecule has 0 aliphatic carbocycles. The lowest BCUT2D eigenvalue weighted by Gasteiger charge is -2.36. The smallest absolute Gasteiger partial charge is 0.258 e. The third-order valence-electron chi connectivity index (χ3n) is 5.67. The lowest BCUT2D eigenvalue weighted by molar-refractivity contribution is -0.133. The molecule has 2 aromatic rings. The Hall–Kier alpha value is -2.93. The van der Waals surface area contributed by atoms with Gasteiger partial charge >= 0.3 is 0 Å². The van der Waals surface area contributed by atoms with Gasteiger partial charge in [-0.1, -0.05) is 23.7 Å². The lowest BCUT2D eigenvalue weighted by atomic mass is 10.0. The van der Waals surface area contributed by atoms with Crippen molar-refractivity contribution in [3.63, 3.8) is 0 Å². The number of nitrogens with zero attached hydrogens (tertiary/aromatic N) is 2. The standard InChI is InChI=1S/C24H28ClN3O4/c1-24(2)14-17-4-3-5-20(23(17)32-24)31-16-21(29)26-15-22(30)28-12-10-27(11-13-28)19-8-6-18(25)7-9-19/h3-9H,10-16H2,1-2H3,(H,26,29). The third-order valence-corrected chi connectivity index (χ3v) is 5.93. The zero-order chi connectivity index (χ0) is 22.7. The Kier molecular flexibility index (Phi) is 6.46. The van der Waals surface area contributed by atoms with E-state index in [2.05, 4.69) is 10.2 Å². The summed E-state index contributed by atoms with van der Waals surface area (Å²) in [5.74, 6) is 0.806.